The smallest absolute Gasteiger partial charge is 0.485 e. The predicted octanol–water partition coefficient (Wildman–Crippen LogP) is 3.02. The number of aromatic nitrogens is 3. The van der Waals surface area contributed by atoms with Crippen molar-refractivity contribution in [1.82, 2.24) is 15.5 Å². The minimum Gasteiger partial charge on any atom is -0.485 e. The number of rotatable bonds is 6. The molecule has 0 radical (unpaired) electrons. The Morgan fingerprint density at radius 3 is 1.04 bits per heavy atom. The molecule has 3 heterocycles. The number of aryl methyl sites for hydroxylation is 6. The highest BCUT2D eigenvalue weighted by atomic mass is 16.7. The van der Waals surface area contributed by atoms with E-state index in [1.807, 2.05) is 0 Å². The number of hydrogen-bond acceptors (Lipinski definition) is 9. The van der Waals surface area contributed by atoms with Crippen molar-refractivity contribution in [2.24, 2.45) is 0 Å². The summed E-state index contributed by atoms with van der Waals surface area (Å²) in [5.41, 5.74) is 1.73. The van der Waals surface area contributed by atoms with Crippen molar-refractivity contribution in [3.63, 3.8) is 0 Å². The molecule has 0 N–H and O–H groups in total. The lowest BCUT2D eigenvalue weighted by atomic mass is 10.1. The zero-order valence-electron chi connectivity index (χ0n) is 14.9. The van der Waals surface area contributed by atoms with Crippen LogP contribution in [0.25, 0.3) is 0 Å². The van der Waals surface area contributed by atoms with E-state index in [1.54, 1.807) is 41.5 Å². The summed E-state index contributed by atoms with van der Waals surface area (Å²) in [6.45, 7) is 10.5. The van der Waals surface area contributed by atoms with Crippen LogP contribution < -0.4 is 14.0 Å². The summed E-state index contributed by atoms with van der Waals surface area (Å²) in [7, 11) is -1.15. The highest BCUT2D eigenvalue weighted by Gasteiger charge is 2.36. The van der Waals surface area contributed by atoms with Crippen molar-refractivity contribution < 1.29 is 27.5 Å². The van der Waals surface area contributed by atoms with Gasteiger partial charge in [-0.05, 0) is 20.8 Å². The van der Waals surface area contributed by atoms with Crippen molar-refractivity contribution in [1.29, 1.82) is 0 Å². The van der Waals surface area contributed by atoms with Gasteiger partial charge in [0, 0.05) is 20.8 Å². The molecule has 0 aromatic carbocycles. The van der Waals surface area contributed by atoms with Crippen LogP contribution >= 0.6 is 0 Å². The molecule has 0 amide bonds. The van der Waals surface area contributed by atoms with Crippen LogP contribution in [0.15, 0.2) is 13.6 Å². The van der Waals surface area contributed by atoms with Crippen molar-refractivity contribution in [3.8, 4) is 17.2 Å². The standard InChI is InChI=1S/C15H18BN3O6/c1-7-13(10(4)23-17-7)20-16(21-14-8(2)18-24-11(14)5)22-15-9(3)19-25-12(15)6/h1-6H3. The lowest BCUT2D eigenvalue weighted by Crippen LogP contribution is -2.37. The van der Waals surface area contributed by atoms with E-state index in [2.05, 4.69) is 15.5 Å². The zero-order chi connectivity index (χ0) is 18.1. The van der Waals surface area contributed by atoms with E-state index in [-0.39, 0.29) is 0 Å². The van der Waals surface area contributed by atoms with E-state index >= 15 is 0 Å². The third-order valence-electron chi connectivity index (χ3n) is 3.55. The quantitative estimate of drug-likeness (QED) is 0.622. The third-order valence-corrected chi connectivity index (χ3v) is 3.55. The molecule has 3 aromatic rings. The summed E-state index contributed by atoms with van der Waals surface area (Å²) >= 11 is 0. The van der Waals surface area contributed by atoms with Gasteiger partial charge in [-0.1, -0.05) is 15.5 Å². The topological polar surface area (TPSA) is 106 Å². The van der Waals surface area contributed by atoms with Crippen LogP contribution in [0.1, 0.15) is 34.4 Å². The maximum Gasteiger partial charge on any atom is 0.864 e. The molecule has 0 aliphatic rings. The van der Waals surface area contributed by atoms with Gasteiger partial charge in [0.05, 0.1) is 0 Å². The summed E-state index contributed by atoms with van der Waals surface area (Å²) in [4.78, 5) is 0. The molecule has 3 rings (SSSR count). The second kappa shape index (κ2) is 6.54. The van der Waals surface area contributed by atoms with Crippen molar-refractivity contribution in [2.75, 3.05) is 0 Å². The van der Waals surface area contributed by atoms with Crippen LogP contribution in [0.2, 0.25) is 0 Å². The average Bonchev–Trinajstić information content (AvgIpc) is 3.17. The molecule has 0 unspecified atom stereocenters. The van der Waals surface area contributed by atoms with Gasteiger partial charge >= 0.3 is 7.32 Å². The summed E-state index contributed by atoms with van der Waals surface area (Å²) in [6.07, 6.45) is 0. The first-order valence-electron chi connectivity index (χ1n) is 7.65. The Labute approximate surface area is 144 Å². The van der Waals surface area contributed by atoms with Gasteiger partial charge in [-0.15, -0.1) is 0 Å². The SMILES string of the molecule is Cc1noc(C)c1OB(Oc1c(C)noc1C)Oc1c(C)noc1C. The molecule has 9 nitrogen and oxygen atoms in total. The average molecular weight is 347 g/mol. The second-order valence-electron chi connectivity index (χ2n) is 5.60. The minimum atomic E-state index is -1.15. The molecular weight excluding hydrogens is 329 g/mol. The molecule has 0 atom stereocenters. The fourth-order valence-corrected chi connectivity index (χ4v) is 2.29. The summed E-state index contributed by atoms with van der Waals surface area (Å²) < 4.78 is 32.9. The first-order valence-corrected chi connectivity index (χ1v) is 7.65. The predicted molar refractivity (Wildman–Crippen MR) is 85.6 cm³/mol. The largest absolute Gasteiger partial charge is 0.864 e. The number of hydrogen-bond donors (Lipinski definition) is 0. The first-order chi connectivity index (χ1) is 11.9. The first kappa shape index (κ1) is 16.9. The van der Waals surface area contributed by atoms with E-state index in [0.717, 1.165) is 0 Å². The van der Waals surface area contributed by atoms with Gasteiger partial charge < -0.3 is 27.5 Å². The fraction of sp³-hybridized carbons (Fsp3) is 0.400. The summed E-state index contributed by atoms with van der Waals surface area (Å²) in [5.74, 6) is 2.82. The van der Waals surface area contributed by atoms with Gasteiger partial charge in [-0.3, -0.25) is 0 Å². The lowest BCUT2D eigenvalue weighted by Gasteiger charge is -2.15. The number of nitrogens with zero attached hydrogens (tertiary/aromatic N) is 3. The molecule has 25 heavy (non-hydrogen) atoms. The second-order valence-corrected chi connectivity index (χ2v) is 5.60. The van der Waals surface area contributed by atoms with Crippen molar-refractivity contribution >= 4 is 7.32 Å². The van der Waals surface area contributed by atoms with Crippen LogP contribution in [-0.4, -0.2) is 22.8 Å². The van der Waals surface area contributed by atoms with Gasteiger partial charge in [0.1, 0.15) is 17.1 Å². The van der Waals surface area contributed by atoms with Gasteiger partial charge in [-0.25, -0.2) is 0 Å². The highest BCUT2D eigenvalue weighted by Crippen LogP contribution is 2.29. The maximum absolute atomic E-state index is 5.84. The maximum atomic E-state index is 5.84. The van der Waals surface area contributed by atoms with Crippen LogP contribution in [-0.2, 0) is 0 Å². The Kier molecular flexibility index (Phi) is 4.43. The van der Waals surface area contributed by atoms with E-state index in [9.17, 15) is 0 Å². The zero-order valence-corrected chi connectivity index (χ0v) is 14.9. The molecule has 0 fully saturated rings. The van der Waals surface area contributed by atoms with Crippen LogP contribution in [0.3, 0.4) is 0 Å². The minimum absolute atomic E-state index is 0.434. The van der Waals surface area contributed by atoms with Crippen molar-refractivity contribution in [3.05, 3.63) is 34.4 Å². The normalized spacial score (nSPS) is 10.8. The van der Waals surface area contributed by atoms with Gasteiger partial charge in [-0.2, -0.15) is 0 Å². The molecular formula is C15H18BN3O6. The van der Waals surface area contributed by atoms with E-state index < -0.39 is 7.32 Å². The lowest BCUT2D eigenvalue weighted by molar-refractivity contribution is 0.293. The van der Waals surface area contributed by atoms with E-state index in [0.29, 0.717) is 51.6 Å². The Morgan fingerprint density at radius 2 is 0.840 bits per heavy atom. The van der Waals surface area contributed by atoms with Crippen LogP contribution in [0.4, 0.5) is 0 Å². The van der Waals surface area contributed by atoms with Crippen LogP contribution in [0.5, 0.6) is 17.2 Å². The Hall–Kier alpha value is -2.91. The molecule has 0 saturated carbocycles. The molecule has 10 heteroatoms. The molecule has 132 valence electrons. The monoisotopic (exact) mass is 347 g/mol. The van der Waals surface area contributed by atoms with Crippen molar-refractivity contribution in [2.45, 2.75) is 41.5 Å². The van der Waals surface area contributed by atoms with Gasteiger partial charge in [0.15, 0.2) is 34.5 Å². The van der Waals surface area contributed by atoms with Gasteiger partial charge in [0.2, 0.25) is 0 Å². The molecule has 0 saturated heterocycles. The highest BCUT2D eigenvalue weighted by molar-refractivity contribution is 6.39. The molecule has 3 aromatic heterocycles. The third kappa shape index (κ3) is 3.33. The van der Waals surface area contributed by atoms with E-state index in [4.69, 9.17) is 27.5 Å². The Balaban J connectivity index is 1.90. The van der Waals surface area contributed by atoms with Crippen LogP contribution in [0, 0.1) is 41.5 Å². The fourth-order valence-electron chi connectivity index (χ4n) is 2.29. The molecule has 0 aliphatic carbocycles. The summed E-state index contributed by atoms with van der Waals surface area (Å²) in [6, 6.07) is 0. The molecule has 0 bridgehead atoms. The Bertz CT molecular complexity index is 711. The van der Waals surface area contributed by atoms with E-state index in [1.165, 1.54) is 0 Å². The Morgan fingerprint density at radius 1 is 0.560 bits per heavy atom. The molecule has 0 aliphatic heterocycles. The summed E-state index contributed by atoms with van der Waals surface area (Å²) in [5, 5.41) is 11.6. The molecule has 0 spiro atoms. The van der Waals surface area contributed by atoms with Gasteiger partial charge in [0.25, 0.3) is 0 Å².